The third-order valence-corrected chi connectivity index (χ3v) is 3.42. The van der Waals surface area contributed by atoms with Gasteiger partial charge in [0.2, 0.25) is 11.7 Å². The van der Waals surface area contributed by atoms with Gasteiger partial charge in [-0.15, -0.1) is 0 Å². The number of aromatic nitrogens is 2. The number of hydrogen-bond acceptors (Lipinski definition) is 3. The lowest BCUT2D eigenvalue weighted by molar-refractivity contribution is -0.118. The monoisotopic (exact) mass is 252 g/mol. The van der Waals surface area contributed by atoms with E-state index in [0.717, 1.165) is 28.9 Å². The first kappa shape index (κ1) is 11.5. The number of amides is 1. The lowest BCUT2D eigenvalue weighted by Crippen LogP contribution is -2.30. The molecule has 3 rings (SSSR count). The molecule has 19 heavy (non-hydrogen) atoms. The molecule has 0 bridgehead atoms. The van der Waals surface area contributed by atoms with Gasteiger partial charge in [0.05, 0.1) is 11.9 Å². The number of hydrogen-bond donors (Lipinski definition) is 1. The Balaban J connectivity index is 2.02. The molecule has 1 N–H and O–H groups in total. The molecule has 0 spiro atoms. The second-order valence-electron chi connectivity index (χ2n) is 4.55. The van der Waals surface area contributed by atoms with E-state index in [4.69, 9.17) is 5.26 Å². The summed E-state index contributed by atoms with van der Waals surface area (Å²) in [5.74, 6) is 0.452. The molecule has 0 radical (unpaired) electrons. The van der Waals surface area contributed by atoms with Crippen LogP contribution in [0.4, 0.5) is 5.69 Å². The molecule has 2 aromatic rings. The Kier molecular flexibility index (Phi) is 2.57. The number of aromatic amines is 1. The lowest BCUT2D eigenvalue weighted by Gasteiger charge is -2.26. The van der Waals surface area contributed by atoms with E-state index in [9.17, 15) is 4.79 Å². The van der Waals surface area contributed by atoms with E-state index in [-0.39, 0.29) is 5.91 Å². The summed E-state index contributed by atoms with van der Waals surface area (Å²) in [6.07, 6.45) is 2.95. The van der Waals surface area contributed by atoms with E-state index in [1.54, 1.807) is 18.1 Å². The van der Waals surface area contributed by atoms with Crippen LogP contribution < -0.4 is 4.90 Å². The number of imidazole rings is 1. The second kappa shape index (κ2) is 4.25. The molecule has 1 aliphatic rings. The maximum atomic E-state index is 11.6. The smallest absolute Gasteiger partial charge is 0.227 e. The molecular weight excluding hydrogens is 240 g/mol. The van der Waals surface area contributed by atoms with Gasteiger partial charge < -0.3 is 9.88 Å². The number of carbonyl (C=O) groups excluding carboxylic acids is 1. The molecule has 94 valence electrons. The minimum atomic E-state index is 0.147. The van der Waals surface area contributed by atoms with Crippen molar-refractivity contribution in [1.82, 2.24) is 9.97 Å². The molecule has 0 saturated carbocycles. The predicted molar refractivity (Wildman–Crippen MR) is 70.5 cm³/mol. The van der Waals surface area contributed by atoms with Crippen LogP contribution in [0, 0.1) is 11.3 Å². The van der Waals surface area contributed by atoms with Crippen LogP contribution in [0.25, 0.3) is 11.3 Å². The summed E-state index contributed by atoms with van der Waals surface area (Å²) in [4.78, 5) is 20.2. The van der Waals surface area contributed by atoms with Crippen LogP contribution in [-0.4, -0.2) is 22.9 Å². The molecule has 0 saturated heterocycles. The summed E-state index contributed by atoms with van der Waals surface area (Å²) >= 11 is 0. The summed E-state index contributed by atoms with van der Waals surface area (Å²) < 4.78 is 0. The number of anilines is 1. The minimum absolute atomic E-state index is 0.147. The Bertz CT molecular complexity index is 696. The number of rotatable bonds is 1. The van der Waals surface area contributed by atoms with Crippen LogP contribution in [0.1, 0.15) is 17.8 Å². The molecule has 5 nitrogen and oxygen atoms in total. The quantitative estimate of drug-likeness (QED) is 0.841. The van der Waals surface area contributed by atoms with Crippen molar-refractivity contribution in [3.05, 3.63) is 35.8 Å². The highest BCUT2D eigenvalue weighted by Gasteiger charge is 2.21. The van der Waals surface area contributed by atoms with E-state index >= 15 is 0 Å². The van der Waals surface area contributed by atoms with Crippen molar-refractivity contribution in [1.29, 1.82) is 5.26 Å². The van der Waals surface area contributed by atoms with Crippen LogP contribution in [-0.2, 0) is 11.2 Å². The summed E-state index contributed by atoms with van der Waals surface area (Å²) in [5.41, 5.74) is 3.90. The van der Waals surface area contributed by atoms with Gasteiger partial charge in [0.25, 0.3) is 0 Å². The Hall–Kier alpha value is -2.61. The Labute approximate surface area is 110 Å². The molecule has 0 aliphatic carbocycles. The molecule has 1 aromatic carbocycles. The van der Waals surface area contributed by atoms with Crippen LogP contribution in [0.2, 0.25) is 0 Å². The number of benzene rings is 1. The van der Waals surface area contributed by atoms with Gasteiger partial charge in [-0.3, -0.25) is 4.79 Å². The number of fused-ring (bicyclic) bond motifs is 1. The number of H-pyrrole nitrogens is 1. The van der Waals surface area contributed by atoms with Crippen molar-refractivity contribution >= 4 is 11.6 Å². The summed E-state index contributed by atoms with van der Waals surface area (Å²) in [6, 6.07) is 7.89. The second-order valence-corrected chi connectivity index (χ2v) is 4.55. The van der Waals surface area contributed by atoms with Crippen molar-refractivity contribution < 1.29 is 4.79 Å². The van der Waals surface area contributed by atoms with E-state index in [1.807, 2.05) is 24.3 Å². The predicted octanol–water partition coefficient (Wildman–Crippen LogP) is 1.86. The first-order valence-electron chi connectivity index (χ1n) is 6.04. The topological polar surface area (TPSA) is 72.8 Å². The van der Waals surface area contributed by atoms with Gasteiger partial charge in [-0.2, -0.15) is 5.26 Å². The van der Waals surface area contributed by atoms with Crippen molar-refractivity contribution in [3.8, 4) is 17.3 Å². The fourth-order valence-corrected chi connectivity index (χ4v) is 2.35. The van der Waals surface area contributed by atoms with Gasteiger partial charge in [0.15, 0.2) is 0 Å². The molecular formula is C14H12N4O. The van der Waals surface area contributed by atoms with E-state index in [2.05, 4.69) is 9.97 Å². The number of aryl methyl sites for hydroxylation is 1. The highest BCUT2D eigenvalue weighted by atomic mass is 16.2. The summed E-state index contributed by atoms with van der Waals surface area (Å²) in [5, 5.41) is 8.77. The summed E-state index contributed by atoms with van der Waals surface area (Å²) in [7, 11) is 1.80. The highest BCUT2D eigenvalue weighted by molar-refractivity contribution is 5.96. The minimum Gasteiger partial charge on any atom is -0.329 e. The molecule has 1 amide bonds. The van der Waals surface area contributed by atoms with Crippen molar-refractivity contribution in [2.45, 2.75) is 12.8 Å². The van der Waals surface area contributed by atoms with Crippen molar-refractivity contribution in [2.24, 2.45) is 0 Å². The molecule has 5 heteroatoms. The SMILES string of the molecule is CN1C(=O)CCc2cc(-c3cnc(C#N)[nH]3)ccc21. The number of nitriles is 1. The van der Waals surface area contributed by atoms with Gasteiger partial charge in [0.1, 0.15) is 6.07 Å². The zero-order chi connectivity index (χ0) is 13.4. The fraction of sp³-hybridized carbons (Fsp3) is 0.214. The van der Waals surface area contributed by atoms with Crippen molar-refractivity contribution in [2.75, 3.05) is 11.9 Å². The Morgan fingerprint density at radius 1 is 1.42 bits per heavy atom. The first-order chi connectivity index (χ1) is 9.19. The van der Waals surface area contributed by atoms with Crippen LogP contribution in [0.3, 0.4) is 0 Å². The highest BCUT2D eigenvalue weighted by Crippen LogP contribution is 2.30. The number of carbonyl (C=O) groups is 1. The fourth-order valence-electron chi connectivity index (χ4n) is 2.35. The maximum absolute atomic E-state index is 11.6. The van der Waals surface area contributed by atoms with Gasteiger partial charge in [0, 0.05) is 19.2 Å². The third-order valence-electron chi connectivity index (χ3n) is 3.42. The Morgan fingerprint density at radius 2 is 2.26 bits per heavy atom. The van der Waals surface area contributed by atoms with Gasteiger partial charge >= 0.3 is 0 Å². The zero-order valence-corrected chi connectivity index (χ0v) is 10.5. The zero-order valence-electron chi connectivity index (χ0n) is 10.5. The lowest BCUT2D eigenvalue weighted by atomic mass is 9.98. The number of nitrogens with one attached hydrogen (secondary N) is 1. The third kappa shape index (κ3) is 1.87. The van der Waals surface area contributed by atoms with Gasteiger partial charge in [-0.1, -0.05) is 6.07 Å². The van der Waals surface area contributed by atoms with Gasteiger partial charge in [-0.25, -0.2) is 4.98 Å². The largest absolute Gasteiger partial charge is 0.329 e. The van der Waals surface area contributed by atoms with Gasteiger partial charge in [-0.05, 0) is 29.7 Å². The summed E-state index contributed by atoms with van der Waals surface area (Å²) in [6.45, 7) is 0. The molecule has 0 unspecified atom stereocenters. The van der Waals surface area contributed by atoms with E-state index in [1.165, 1.54) is 0 Å². The van der Waals surface area contributed by atoms with Crippen LogP contribution in [0.5, 0.6) is 0 Å². The molecule has 2 heterocycles. The van der Waals surface area contributed by atoms with Crippen molar-refractivity contribution in [3.63, 3.8) is 0 Å². The average Bonchev–Trinajstić information content (AvgIpc) is 2.91. The maximum Gasteiger partial charge on any atom is 0.227 e. The number of nitrogens with zero attached hydrogens (tertiary/aromatic N) is 3. The normalized spacial score (nSPS) is 14.1. The Morgan fingerprint density at radius 3 is 3.00 bits per heavy atom. The molecule has 0 fully saturated rings. The van der Waals surface area contributed by atoms with E-state index in [0.29, 0.717) is 12.2 Å². The van der Waals surface area contributed by atoms with Crippen LogP contribution >= 0.6 is 0 Å². The molecule has 1 aliphatic heterocycles. The standard InChI is InChI=1S/C14H12N4O/c1-18-12-4-2-9(6-10(12)3-5-14(18)19)11-8-16-13(7-15)17-11/h2,4,6,8H,3,5H2,1H3,(H,16,17). The first-order valence-corrected chi connectivity index (χ1v) is 6.04. The molecule has 0 atom stereocenters. The van der Waals surface area contributed by atoms with Crippen LogP contribution in [0.15, 0.2) is 24.4 Å². The average molecular weight is 252 g/mol. The van der Waals surface area contributed by atoms with E-state index < -0.39 is 0 Å². The molecule has 1 aromatic heterocycles.